The lowest BCUT2D eigenvalue weighted by molar-refractivity contribution is 0.0242. The third-order valence-corrected chi connectivity index (χ3v) is 7.41. The first kappa shape index (κ1) is 20.0. The van der Waals surface area contributed by atoms with Gasteiger partial charge in [0.25, 0.3) is 0 Å². The first-order chi connectivity index (χ1) is 13.6. The fourth-order valence-electron chi connectivity index (χ4n) is 5.82. The Morgan fingerprint density at radius 2 is 1.96 bits per heavy atom. The quantitative estimate of drug-likeness (QED) is 0.580. The van der Waals surface area contributed by atoms with E-state index in [1.54, 1.807) is 0 Å². The highest BCUT2D eigenvalue weighted by Gasteiger charge is 2.46. The maximum atomic E-state index is 12.6. The Labute approximate surface area is 169 Å². The second-order valence-electron chi connectivity index (χ2n) is 9.24. The van der Waals surface area contributed by atoms with E-state index in [2.05, 4.69) is 38.8 Å². The normalized spacial score (nSPS) is 34.8. The highest BCUT2D eigenvalue weighted by atomic mass is 16.5. The van der Waals surface area contributed by atoms with Gasteiger partial charge in [-0.3, -0.25) is 9.80 Å². The van der Waals surface area contributed by atoms with Gasteiger partial charge in [0.05, 0.1) is 12.1 Å². The summed E-state index contributed by atoms with van der Waals surface area (Å²) in [4.78, 5) is 19.9. The van der Waals surface area contributed by atoms with Crippen molar-refractivity contribution in [2.24, 2.45) is 0 Å². The molecule has 3 saturated heterocycles. The van der Waals surface area contributed by atoms with Crippen LogP contribution in [0.3, 0.4) is 0 Å². The van der Waals surface area contributed by atoms with Crippen LogP contribution in [0.25, 0.3) is 0 Å². The molecule has 1 unspecified atom stereocenters. The van der Waals surface area contributed by atoms with E-state index < -0.39 is 0 Å². The van der Waals surface area contributed by atoms with Crippen molar-refractivity contribution < 1.29 is 9.53 Å². The zero-order chi connectivity index (χ0) is 19.6. The van der Waals surface area contributed by atoms with E-state index in [0.717, 1.165) is 45.4 Å². The summed E-state index contributed by atoms with van der Waals surface area (Å²) in [5, 5.41) is 3.25. The van der Waals surface area contributed by atoms with Gasteiger partial charge in [0.15, 0.2) is 0 Å². The van der Waals surface area contributed by atoms with Crippen molar-refractivity contribution >= 4 is 6.03 Å². The number of carbonyl (C=O) groups excluding carboxylic acids is 1. The second-order valence-corrected chi connectivity index (χ2v) is 9.24. The predicted molar refractivity (Wildman–Crippen MR) is 110 cm³/mol. The second kappa shape index (κ2) is 8.61. The number of likely N-dealkylation sites (tertiary alicyclic amines) is 2. The van der Waals surface area contributed by atoms with E-state index in [1.807, 2.05) is 6.92 Å². The molecule has 1 N–H and O–H groups in total. The Kier molecular flexibility index (Phi) is 6.15. The largest absolute Gasteiger partial charge is 0.353 e. The van der Waals surface area contributed by atoms with Crippen LogP contribution in [0.2, 0.25) is 0 Å². The number of hydrogen-bond donors (Lipinski definition) is 1. The molecule has 4 fully saturated rings. The molecule has 28 heavy (non-hydrogen) atoms. The van der Waals surface area contributed by atoms with E-state index in [9.17, 15) is 4.79 Å². The summed E-state index contributed by atoms with van der Waals surface area (Å²) in [7, 11) is 0. The zero-order valence-corrected chi connectivity index (χ0v) is 17.6. The van der Waals surface area contributed by atoms with Crippen LogP contribution in [0.4, 0.5) is 4.79 Å². The van der Waals surface area contributed by atoms with Gasteiger partial charge < -0.3 is 15.0 Å². The summed E-state index contributed by atoms with van der Waals surface area (Å²) in [5.41, 5.74) is 0.228. The maximum absolute atomic E-state index is 12.6. The molecule has 3 aliphatic heterocycles. The van der Waals surface area contributed by atoms with Gasteiger partial charge in [0, 0.05) is 37.8 Å². The fraction of sp³-hybridized carbons (Fsp3) is 0.864. The minimum Gasteiger partial charge on any atom is -0.353 e. The number of piperidine rings is 1. The van der Waals surface area contributed by atoms with Gasteiger partial charge in [-0.1, -0.05) is 18.8 Å². The summed E-state index contributed by atoms with van der Waals surface area (Å²) in [6.45, 7) is 9.79. The molecule has 0 aromatic carbocycles. The molecule has 3 atom stereocenters. The van der Waals surface area contributed by atoms with E-state index in [-0.39, 0.29) is 11.6 Å². The number of rotatable bonds is 5. The van der Waals surface area contributed by atoms with E-state index in [1.165, 1.54) is 25.7 Å². The summed E-state index contributed by atoms with van der Waals surface area (Å²) in [6.07, 6.45) is 8.27. The lowest BCUT2D eigenvalue weighted by Crippen LogP contribution is -2.56. The lowest BCUT2D eigenvalue weighted by Gasteiger charge is -2.46. The first-order valence-electron chi connectivity index (χ1n) is 11.1. The van der Waals surface area contributed by atoms with Crippen molar-refractivity contribution in [3.05, 3.63) is 0 Å². The van der Waals surface area contributed by atoms with Gasteiger partial charge in [0.2, 0.25) is 0 Å². The van der Waals surface area contributed by atoms with Crippen LogP contribution in [0.15, 0.2) is 0 Å². The predicted octanol–water partition coefficient (Wildman–Crippen LogP) is 2.25. The number of carbonyl (C=O) groups is 1. The molecule has 3 heterocycles. The Bertz CT molecular complexity index is 622. The molecule has 0 bridgehead atoms. The molecule has 6 nitrogen and oxygen atoms in total. The molecule has 0 radical (unpaired) electrons. The Hall–Kier alpha value is -1.29. The number of nitrogens with zero attached hydrogens (tertiary/aromatic N) is 3. The lowest BCUT2D eigenvalue weighted by atomic mass is 9.88. The number of amides is 2. The number of hydrogen-bond acceptors (Lipinski definition) is 4. The van der Waals surface area contributed by atoms with Crippen LogP contribution in [0.5, 0.6) is 0 Å². The molecule has 0 aromatic heterocycles. The minimum atomic E-state index is 0.195. The third kappa shape index (κ3) is 4.03. The Balaban J connectivity index is 1.28. The highest BCUT2D eigenvalue weighted by Crippen LogP contribution is 2.35. The molecule has 4 aliphatic rings. The minimum absolute atomic E-state index is 0.195. The average Bonchev–Trinajstić information content (AvgIpc) is 3.25. The van der Waals surface area contributed by atoms with Crippen molar-refractivity contribution in [1.82, 2.24) is 20.0 Å². The van der Waals surface area contributed by atoms with Gasteiger partial charge in [-0.05, 0) is 46.0 Å². The van der Waals surface area contributed by atoms with Crippen LogP contribution in [-0.4, -0.2) is 83.9 Å². The Morgan fingerprint density at radius 3 is 2.75 bits per heavy atom. The van der Waals surface area contributed by atoms with Gasteiger partial charge in [-0.15, -0.1) is 5.92 Å². The monoisotopic (exact) mass is 388 g/mol. The van der Waals surface area contributed by atoms with Crippen LogP contribution in [-0.2, 0) is 4.74 Å². The highest BCUT2D eigenvalue weighted by molar-refractivity contribution is 5.78. The molecule has 156 valence electrons. The summed E-state index contributed by atoms with van der Waals surface area (Å²) < 4.78 is 5.67. The topological polar surface area (TPSA) is 48.1 Å². The number of urea groups is 1. The molecule has 6 heteroatoms. The van der Waals surface area contributed by atoms with Crippen LogP contribution in [0.1, 0.15) is 58.8 Å². The zero-order valence-electron chi connectivity index (χ0n) is 17.6. The van der Waals surface area contributed by atoms with E-state index in [4.69, 9.17) is 4.74 Å². The smallest absolute Gasteiger partial charge is 0.318 e. The molecule has 0 aromatic rings. The van der Waals surface area contributed by atoms with Crippen molar-refractivity contribution in [3.63, 3.8) is 0 Å². The van der Waals surface area contributed by atoms with Gasteiger partial charge in [-0.25, -0.2) is 4.79 Å². The average molecular weight is 389 g/mol. The molecular weight excluding hydrogens is 352 g/mol. The molecule has 1 saturated carbocycles. The molecule has 0 spiro atoms. The SMILES string of the molecule is CC#CCOCN1CCC(C)(N2CCC(N3C(=O)N[C@H]4CCCC[C@@H]43)CC2)C1. The molecule has 4 rings (SSSR count). The maximum Gasteiger partial charge on any atom is 0.318 e. The van der Waals surface area contributed by atoms with Gasteiger partial charge >= 0.3 is 6.03 Å². The third-order valence-electron chi connectivity index (χ3n) is 7.41. The van der Waals surface area contributed by atoms with Crippen LogP contribution < -0.4 is 5.32 Å². The number of fused-ring (bicyclic) bond motifs is 1. The first-order valence-corrected chi connectivity index (χ1v) is 11.1. The standard InChI is InChI=1S/C22H36N4O2/c1-3-4-15-28-17-24-14-11-22(2,16-24)25-12-9-18(10-13-25)26-20-8-6-5-7-19(20)23-21(26)27/h18-20H,5-17H2,1-2H3,(H,23,27)/t19-,20-,22?/m0/s1. The Morgan fingerprint density at radius 1 is 1.18 bits per heavy atom. The van der Waals surface area contributed by atoms with E-state index in [0.29, 0.717) is 31.5 Å². The summed E-state index contributed by atoms with van der Waals surface area (Å²) >= 11 is 0. The number of ether oxygens (including phenoxy) is 1. The molecular formula is C22H36N4O2. The van der Waals surface area contributed by atoms with Gasteiger partial charge in [-0.2, -0.15) is 0 Å². The van der Waals surface area contributed by atoms with Crippen LogP contribution >= 0.6 is 0 Å². The van der Waals surface area contributed by atoms with Gasteiger partial charge in [0.1, 0.15) is 13.3 Å². The molecule has 2 amide bonds. The molecule has 1 aliphatic carbocycles. The van der Waals surface area contributed by atoms with Crippen LogP contribution in [0, 0.1) is 11.8 Å². The van der Waals surface area contributed by atoms with Crippen molar-refractivity contribution in [1.29, 1.82) is 0 Å². The summed E-state index contributed by atoms with van der Waals surface area (Å²) in [6, 6.07) is 1.46. The van der Waals surface area contributed by atoms with Crippen molar-refractivity contribution in [3.8, 4) is 11.8 Å². The van der Waals surface area contributed by atoms with Crippen molar-refractivity contribution in [2.75, 3.05) is 39.5 Å². The summed E-state index contributed by atoms with van der Waals surface area (Å²) in [5.74, 6) is 5.84. The fourth-order valence-corrected chi connectivity index (χ4v) is 5.82. The van der Waals surface area contributed by atoms with Crippen molar-refractivity contribution in [2.45, 2.75) is 82.5 Å². The number of nitrogens with one attached hydrogen (secondary N) is 1. The van der Waals surface area contributed by atoms with E-state index >= 15 is 0 Å².